The van der Waals surface area contributed by atoms with Gasteiger partial charge in [0.1, 0.15) is 35.4 Å². The highest BCUT2D eigenvalue weighted by Crippen LogP contribution is 2.38. The molecule has 0 saturated heterocycles. The van der Waals surface area contributed by atoms with Gasteiger partial charge in [0, 0.05) is 24.3 Å². The number of para-hydroxylation sites is 1. The van der Waals surface area contributed by atoms with Crippen LogP contribution in [0.1, 0.15) is 12.5 Å². The van der Waals surface area contributed by atoms with E-state index in [2.05, 4.69) is 25.3 Å². The van der Waals surface area contributed by atoms with Crippen molar-refractivity contribution in [1.82, 2.24) is 19.9 Å². The van der Waals surface area contributed by atoms with Gasteiger partial charge in [-0.25, -0.2) is 24.9 Å². The van der Waals surface area contributed by atoms with Gasteiger partial charge in [0.2, 0.25) is 0 Å². The summed E-state index contributed by atoms with van der Waals surface area (Å²) in [5.74, 6) is 1.73. The lowest BCUT2D eigenvalue weighted by molar-refractivity contribution is 0.971. The zero-order valence-corrected chi connectivity index (χ0v) is 15.6. The summed E-state index contributed by atoms with van der Waals surface area (Å²) in [6, 6.07) is 11.6. The number of nitrogens with two attached hydrogens (primary N) is 1. The van der Waals surface area contributed by atoms with Crippen molar-refractivity contribution in [3.8, 4) is 6.07 Å². The maximum absolute atomic E-state index is 9.37. The predicted molar refractivity (Wildman–Crippen MR) is 108 cm³/mol. The molecule has 0 amide bonds. The molecule has 0 radical (unpaired) electrons. The summed E-state index contributed by atoms with van der Waals surface area (Å²) in [4.78, 5) is 21.4. The second kappa shape index (κ2) is 7.50. The highest BCUT2D eigenvalue weighted by atomic mass is 32.2. The number of hydrogen-bond acceptors (Lipinski definition) is 10. The number of aliphatic imine (C=N–C) groups is 1. The Bertz CT molecular complexity index is 1080. The number of rotatable bonds is 4. The Kier molecular flexibility index (Phi) is 4.74. The van der Waals surface area contributed by atoms with Crippen LogP contribution in [0.2, 0.25) is 0 Å². The lowest BCUT2D eigenvalue weighted by atomic mass is 10.2. The third-order valence-corrected chi connectivity index (χ3v) is 5.01. The SMILES string of the molecule is CC(Nc1ncnc(N)c1C#N)C1=Nc2nccnc2SN1c1ccccc1. The zero-order valence-electron chi connectivity index (χ0n) is 14.8. The van der Waals surface area contributed by atoms with Gasteiger partial charge in [-0.1, -0.05) is 18.2 Å². The average molecular weight is 389 g/mol. The van der Waals surface area contributed by atoms with Crippen LogP contribution in [0.3, 0.4) is 0 Å². The summed E-state index contributed by atoms with van der Waals surface area (Å²) in [5, 5.41) is 13.3. The van der Waals surface area contributed by atoms with Crippen LogP contribution in [-0.4, -0.2) is 31.8 Å². The first-order chi connectivity index (χ1) is 13.7. The second-order valence-corrected chi connectivity index (χ2v) is 6.77. The van der Waals surface area contributed by atoms with Crippen LogP contribution in [0.15, 0.2) is 59.1 Å². The normalized spacial score (nSPS) is 13.9. The first-order valence-corrected chi connectivity index (χ1v) is 9.14. The minimum atomic E-state index is -0.302. The van der Waals surface area contributed by atoms with Crippen molar-refractivity contribution in [3.63, 3.8) is 0 Å². The smallest absolute Gasteiger partial charge is 0.188 e. The number of fused-ring (bicyclic) bond motifs is 1. The highest BCUT2D eigenvalue weighted by molar-refractivity contribution is 8.01. The van der Waals surface area contributed by atoms with Crippen LogP contribution in [0.5, 0.6) is 0 Å². The molecule has 1 atom stereocenters. The lowest BCUT2D eigenvalue weighted by Crippen LogP contribution is -2.39. The fourth-order valence-corrected chi connectivity index (χ4v) is 3.64. The Morgan fingerprint density at radius 1 is 1.14 bits per heavy atom. The van der Waals surface area contributed by atoms with Gasteiger partial charge >= 0.3 is 0 Å². The predicted octanol–water partition coefficient (Wildman–Crippen LogP) is 2.78. The number of nitrogens with one attached hydrogen (secondary N) is 1. The summed E-state index contributed by atoms with van der Waals surface area (Å²) in [5.41, 5.74) is 6.93. The first-order valence-electron chi connectivity index (χ1n) is 8.37. The molecule has 1 aliphatic rings. The van der Waals surface area contributed by atoms with Gasteiger partial charge in [-0.3, -0.25) is 4.31 Å². The van der Waals surface area contributed by atoms with Crippen molar-refractivity contribution in [2.24, 2.45) is 4.99 Å². The van der Waals surface area contributed by atoms with Gasteiger partial charge in [-0.05, 0) is 19.1 Å². The van der Waals surface area contributed by atoms with Crippen molar-refractivity contribution in [1.29, 1.82) is 5.26 Å². The number of hydrogen-bond donors (Lipinski definition) is 2. The van der Waals surface area contributed by atoms with Crippen LogP contribution in [-0.2, 0) is 0 Å². The standard InChI is InChI=1S/C18H15N9S/c1-11(25-15-13(9-19)14(20)23-10-24-15)17-26-16-18(22-8-7-21-16)28-27(17)12-5-3-2-4-6-12/h2-8,10-11H,1H3,(H3,20,23,24,25). The number of nitriles is 1. The molecule has 1 unspecified atom stereocenters. The van der Waals surface area contributed by atoms with E-state index in [4.69, 9.17) is 10.7 Å². The van der Waals surface area contributed by atoms with Crippen molar-refractivity contribution >= 4 is 40.9 Å². The zero-order chi connectivity index (χ0) is 19.5. The van der Waals surface area contributed by atoms with E-state index in [1.54, 1.807) is 12.4 Å². The largest absolute Gasteiger partial charge is 0.382 e. The van der Waals surface area contributed by atoms with E-state index in [1.165, 1.54) is 18.3 Å². The third-order valence-electron chi connectivity index (χ3n) is 3.97. The van der Waals surface area contributed by atoms with Crippen molar-refractivity contribution in [2.75, 3.05) is 15.4 Å². The average Bonchev–Trinajstić information content (AvgIpc) is 2.73. The monoisotopic (exact) mass is 389 g/mol. The number of anilines is 3. The number of benzene rings is 1. The molecule has 0 spiro atoms. The number of nitrogens with zero attached hydrogens (tertiary/aromatic N) is 7. The molecule has 1 aliphatic heterocycles. The fraction of sp³-hybridized carbons (Fsp3) is 0.111. The van der Waals surface area contributed by atoms with Gasteiger partial charge in [-0.15, -0.1) is 0 Å². The van der Waals surface area contributed by atoms with Crippen LogP contribution >= 0.6 is 11.9 Å². The van der Waals surface area contributed by atoms with E-state index in [0.717, 1.165) is 5.69 Å². The van der Waals surface area contributed by atoms with E-state index in [-0.39, 0.29) is 17.4 Å². The Morgan fingerprint density at radius 2 is 1.93 bits per heavy atom. The molecule has 4 rings (SSSR count). The van der Waals surface area contributed by atoms with Crippen LogP contribution in [0, 0.1) is 11.3 Å². The van der Waals surface area contributed by atoms with E-state index < -0.39 is 0 Å². The minimum absolute atomic E-state index is 0.128. The molecule has 0 bridgehead atoms. The molecule has 3 aromatic rings. The van der Waals surface area contributed by atoms with E-state index >= 15 is 0 Å². The molecule has 1 aromatic carbocycles. The number of nitrogen functional groups attached to an aromatic ring is 1. The summed E-state index contributed by atoms with van der Waals surface area (Å²) >= 11 is 1.44. The molecule has 10 heteroatoms. The van der Waals surface area contributed by atoms with Crippen molar-refractivity contribution < 1.29 is 0 Å². The van der Waals surface area contributed by atoms with Gasteiger partial charge in [0.15, 0.2) is 10.8 Å². The van der Waals surface area contributed by atoms with E-state index in [9.17, 15) is 5.26 Å². The molecule has 0 aliphatic carbocycles. The third kappa shape index (κ3) is 3.30. The topological polar surface area (TPSA) is 129 Å². The Morgan fingerprint density at radius 3 is 2.71 bits per heavy atom. The van der Waals surface area contributed by atoms with E-state index in [0.29, 0.717) is 22.5 Å². The van der Waals surface area contributed by atoms with Crippen molar-refractivity contribution in [2.45, 2.75) is 18.0 Å². The molecule has 9 nitrogen and oxygen atoms in total. The molecular formula is C18H15N9S. The Hall–Kier alpha value is -3.71. The molecule has 2 aromatic heterocycles. The molecular weight excluding hydrogens is 374 g/mol. The van der Waals surface area contributed by atoms with Gasteiger partial charge in [-0.2, -0.15) is 5.26 Å². The molecule has 3 heterocycles. The fourth-order valence-electron chi connectivity index (χ4n) is 2.66. The Labute approximate surface area is 165 Å². The quantitative estimate of drug-likeness (QED) is 0.647. The molecule has 138 valence electrons. The lowest BCUT2D eigenvalue weighted by Gasteiger charge is -2.31. The Balaban J connectivity index is 1.73. The van der Waals surface area contributed by atoms with Gasteiger partial charge in [0.25, 0.3) is 0 Å². The summed E-state index contributed by atoms with van der Waals surface area (Å²) < 4.78 is 1.98. The van der Waals surface area contributed by atoms with Crippen LogP contribution in [0.4, 0.5) is 23.1 Å². The van der Waals surface area contributed by atoms with Gasteiger partial charge in [0.05, 0.1) is 11.7 Å². The molecule has 0 saturated carbocycles. The first kappa shape index (κ1) is 17.7. The van der Waals surface area contributed by atoms with E-state index in [1.807, 2.05) is 47.6 Å². The summed E-state index contributed by atoms with van der Waals surface area (Å²) in [6.45, 7) is 1.93. The van der Waals surface area contributed by atoms with Gasteiger partial charge < -0.3 is 11.1 Å². The second-order valence-electron chi connectivity index (χ2n) is 5.84. The number of amidine groups is 1. The minimum Gasteiger partial charge on any atom is -0.382 e. The number of aromatic nitrogens is 4. The maximum atomic E-state index is 9.37. The van der Waals surface area contributed by atoms with Crippen LogP contribution < -0.4 is 15.4 Å². The maximum Gasteiger partial charge on any atom is 0.188 e. The van der Waals surface area contributed by atoms with Crippen LogP contribution in [0.25, 0.3) is 0 Å². The molecule has 28 heavy (non-hydrogen) atoms. The molecule has 3 N–H and O–H groups in total. The highest BCUT2D eigenvalue weighted by Gasteiger charge is 2.28. The summed E-state index contributed by atoms with van der Waals surface area (Å²) in [6.07, 6.45) is 4.56. The molecule has 0 fully saturated rings. The summed E-state index contributed by atoms with van der Waals surface area (Å²) in [7, 11) is 0. The van der Waals surface area contributed by atoms with Crippen molar-refractivity contribution in [3.05, 3.63) is 54.6 Å².